The van der Waals surface area contributed by atoms with Crippen LogP contribution in [-0.2, 0) is 16.1 Å². The fraction of sp³-hybridized carbons (Fsp3) is 0.400. The second-order valence-corrected chi connectivity index (χ2v) is 5.19. The lowest BCUT2D eigenvalue weighted by molar-refractivity contribution is -0.144. The normalized spacial score (nSPS) is 10.7. The van der Waals surface area contributed by atoms with Gasteiger partial charge in [-0.15, -0.1) is 0 Å². The molecule has 0 fully saturated rings. The molecule has 4 nitrogen and oxygen atoms in total. The number of carbonyl (C=O) groups excluding carboxylic acids is 1. The average Bonchev–Trinajstić information content (AvgIpc) is 2.36. The van der Waals surface area contributed by atoms with Gasteiger partial charge in [0.25, 0.3) is 0 Å². The van der Waals surface area contributed by atoms with E-state index in [4.69, 9.17) is 9.94 Å². The molecule has 1 aromatic carbocycles. The first kappa shape index (κ1) is 16.2. The molecule has 0 aliphatic rings. The quantitative estimate of drug-likeness (QED) is 0.652. The molecule has 0 saturated heterocycles. The molecule has 5 heteroatoms. The van der Waals surface area contributed by atoms with Gasteiger partial charge in [0.05, 0.1) is 17.6 Å². The van der Waals surface area contributed by atoms with Crippen molar-refractivity contribution in [2.45, 2.75) is 32.8 Å². The highest BCUT2D eigenvalue weighted by Gasteiger charge is 2.13. The van der Waals surface area contributed by atoms with E-state index in [1.54, 1.807) is 0 Å². The van der Waals surface area contributed by atoms with Gasteiger partial charge in [0.2, 0.25) is 5.91 Å². The Hall–Kier alpha value is -1.90. The standard InChI is InChI=1S/C15H18FNO3/c1-15(2,3)20-17-14(19)10-11-6-7-13(16)12(9-11)5-4-8-18/h6-7,9,18H,8,10H2,1-3H3,(H,17,19). The number of hydrogen-bond acceptors (Lipinski definition) is 3. The van der Waals surface area contributed by atoms with Crippen molar-refractivity contribution in [3.8, 4) is 11.8 Å². The number of carbonyl (C=O) groups is 1. The van der Waals surface area contributed by atoms with Gasteiger partial charge >= 0.3 is 0 Å². The van der Waals surface area contributed by atoms with Gasteiger partial charge in [-0.25, -0.2) is 9.87 Å². The number of hydroxylamine groups is 1. The van der Waals surface area contributed by atoms with Crippen LogP contribution in [0.25, 0.3) is 0 Å². The molecule has 0 heterocycles. The summed E-state index contributed by atoms with van der Waals surface area (Å²) in [7, 11) is 0. The summed E-state index contributed by atoms with van der Waals surface area (Å²) in [6, 6.07) is 4.24. The lowest BCUT2D eigenvalue weighted by Crippen LogP contribution is -2.34. The molecule has 0 spiro atoms. The molecule has 20 heavy (non-hydrogen) atoms. The summed E-state index contributed by atoms with van der Waals surface area (Å²) in [6.07, 6.45) is 0.0597. The molecule has 0 aliphatic carbocycles. The SMILES string of the molecule is CC(C)(C)ONC(=O)Cc1ccc(F)c(C#CCO)c1. The summed E-state index contributed by atoms with van der Waals surface area (Å²) in [5.74, 6) is 4.05. The first-order chi connectivity index (χ1) is 9.31. The number of aliphatic hydroxyl groups is 1. The number of nitrogens with one attached hydrogen (secondary N) is 1. The number of aliphatic hydroxyl groups excluding tert-OH is 1. The number of amides is 1. The predicted octanol–water partition coefficient (Wildman–Crippen LogP) is 1.56. The van der Waals surface area contributed by atoms with Crippen molar-refractivity contribution in [2.24, 2.45) is 0 Å². The fourth-order valence-corrected chi connectivity index (χ4v) is 1.34. The second kappa shape index (κ2) is 7.04. The highest BCUT2D eigenvalue weighted by atomic mass is 19.1. The summed E-state index contributed by atoms with van der Waals surface area (Å²) in [4.78, 5) is 16.8. The third-order valence-corrected chi connectivity index (χ3v) is 2.17. The minimum absolute atomic E-state index is 0.0597. The molecule has 0 atom stereocenters. The minimum atomic E-state index is -0.485. The van der Waals surface area contributed by atoms with Crippen LogP contribution in [0.2, 0.25) is 0 Å². The molecule has 0 aromatic heterocycles. The minimum Gasteiger partial charge on any atom is -0.384 e. The Kier molecular flexibility index (Phi) is 5.68. The van der Waals surface area contributed by atoms with E-state index in [0.29, 0.717) is 5.56 Å². The lowest BCUT2D eigenvalue weighted by Gasteiger charge is -2.18. The monoisotopic (exact) mass is 279 g/mol. The number of benzene rings is 1. The molecule has 1 rings (SSSR count). The third-order valence-electron chi connectivity index (χ3n) is 2.17. The molecular weight excluding hydrogens is 261 g/mol. The van der Waals surface area contributed by atoms with Gasteiger partial charge in [-0.05, 0) is 38.5 Å². The van der Waals surface area contributed by atoms with E-state index in [9.17, 15) is 9.18 Å². The predicted molar refractivity (Wildman–Crippen MR) is 73.0 cm³/mol. The molecule has 0 unspecified atom stereocenters. The molecule has 108 valence electrons. The molecular formula is C15H18FNO3. The number of hydrogen-bond donors (Lipinski definition) is 2. The summed E-state index contributed by atoms with van der Waals surface area (Å²) in [6.45, 7) is 5.10. The first-order valence-corrected chi connectivity index (χ1v) is 6.17. The number of rotatable bonds is 3. The second-order valence-electron chi connectivity index (χ2n) is 5.19. The lowest BCUT2D eigenvalue weighted by atomic mass is 10.1. The summed E-state index contributed by atoms with van der Waals surface area (Å²) in [5, 5.41) is 8.60. The Labute approximate surface area is 117 Å². The topological polar surface area (TPSA) is 58.6 Å². The Balaban J connectivity index is 2.71. The van der Waals surface area contributed by atoms with Gasteiger partial charge in [0, 0.05) is 0 Å². The van der Waals surface area contributed by atoms with E-state index in [2.05, 4.69) is 17.3 Å². The summed E-state index contributed by atoms with van der Waals surface area (Å²) < 4.78 is 13.4. The van der Waals surface area contributed by atoms with Crippen LogP contribution in [-0.4, -0.2) is 23.2 Å². The van der Waals surface area contributed by atoms with Crippen LogP contribution in [0, 0.1) is 17.7 Å². The van der Waals surface area contributed by atoms with Crippen molar-refractivity contribution in [2.75, 3.05) is 6.61 Å². The highest BCUT2D eigenvalue weighted by Crippen LogP contribution is 2.10. The van der Waals surface area contributed by atoms with Crippen LogP contribution in [0.3, 0.4) is 0 Å². The van der Waals surface area contributed by atoms with Crippen LogP contribution in [0.15, 0.2) is 18.2 Å². The Morgan fingerprint density at radius 3 is 2.75 bits per heavy atom. The van der Waals surface area contributed by atoms with Crippen LogP contribution in [0.5, 0.6) is 0 Å². The smallest absolute Gasteiger partial charge is 0.247 e. The van der Waals surface area contributed by atoms with Crippen LogP contribution in [0.4, 0.5) is 4.39 Å². The summed E-state index contributed by atoms with van der Waals surface area (Å²) in [5.41, 5.74) is 2.63. The van der Waals surface area contributed by atoms with Crippen molar-refractivity contribution in [1.29, 1.82) is 0 Å². The van der Waals surface area contributed by atoms with Crippen LogP contribution in [0.1, 0.15) is 31.9 Å². The van der Waals surface area contributed by atoms with E-state index in [-0.39, 0.29) is 24.5 Å². The van der Waals surface area contributed by atoms with Gasteiger partial charge in [-0.3, -0.25) is 9.63 Å². The van der Waals surface area contributed by atoms with Gasteiger partial charge in [0.15, 0.2) is 0 Å². The van der Waals surface area contributed by atoms with E-state index in [1.807, 2.05) is 20.8 Å². The third kappa shape index (κ3) is 5.83. The van der Waals surface area contributed by atoms with Gasteiger partial charge < -0.3 is 5.11 Å². The molecule has 2 N–H and O–H groups in total. The largest absolute Gasteiger partial charge is 0.384 e. The van der Waals surface area contributed by atoms with Crippen molar-refractivity contribution in [3.05, 3.63) is 35.1 Å². The molecule has 0 bridgehead atoms. The van der Waals surface area contributed by atoms with Crippen molar-refractivity contribution >= 4 is 5.91 Å². The van der Waals surface area contributed by atoms with Crippen molar-refractivity contribution in [3.63, 3.8) is 0 Å². The van der Waals surface area contributed by atoms with E-state index >= 15 is 0 Å². The van der Waals surface area contributed by atoms with Crippen LogP contribution >= 0.6 is 0 Å². The van der Waals surface area contributed by atoms with E-state index in [0.717, 1.165) is 0 Å². The fourth-order valence-electron chi connectivity index (χ4n) is 1.34. The maximum Gasteiger partial charge on any atom is 0.247 e. The molecule has 0 radical (unpaired) electrons. The highest BCUT2D eigenvalue weighted by molar-refractivity contribution is 5.77. The molecule has 1 amide bonds. The van der Waals surface area contributed by atoms with E-state index in [1.165, 1.54) is 18.2 Å². The Bertz CT molecular complexity index is 538. The van der Waals surface area contributed by atoms with E-state index < -0.39 is 11.4 Å². The Morgan fingerprint density at radius 2 is 2.15 bits per heavy atom. The van der Waals surface area contributed by atoms with Gasteiger partial charge in [0.1, 0.15) is 12.4 Å². The molecule has 1 aromatic rings. The van der Waals surface area contributed by atoms with Crippen molar-refractivity contribution in [1.82, 2.24) is 5.48 Å². The summed E-state index contributed by atoms with van der Waals surface area (Å²) >= 11 is 0. The first-order valence-electron chi connectivity index (χ1n) is 6.17. The molecule has 0 saturated carbocycles. The molecule has 0 aliphatic heterocycles. The maximum atomic E-state index is 13.4. The van der Waals surface area contributed by atoms with Gasteiger partial charge in [-0.1, -0.05) is 17.9 Å². The zero-order chi connectivity index (χ0) is 15.2. The zero-order valence-electron chi connectivity index (χ0n) is 11.8. The maximum absolute atomic E-state index is 13.4. The van der Waals surface area contributed by atoms with Crippen molar-refractivity contribution < 1.29 is 19.1 Å². The number of halogens is 1. The van der Waals surface area contributed by atoms with Crippen LogP contribution < -0.4 is 5.48 Å². The Morgan fingerprint density at radius 1 is 1.45 bits per heavy atom. The zero-order valence-corrected chi connectivity index (χ0v) is 11.8. The average molecular weight is 279 g/mol. The van der Waals surface area contributed by atoms with Gasteiger partial charge in [-0.2, -0.15) is 0 Å².